The molecule has 52 heavy (non-hydrogen) atoms. The number of Topliss-reactive ketones (excluding diaryl/α,β-unsaturated/α-hetero) is 2. The molecule has 5 rings (SSSR count). The molecule has 0 atom stereocenters. The van der Waals surface area contributed by atoms with Crippen LogP contribution in [0.1, 0.15) is 127 Å². The normalized spacial score (nSPS) is 8.60. The maximum absolute atomic E-state index is 12.0. The zero-order chi connectivity index (χ0) is 40.5. The van der Waals surface area contributed by atoms with Crippen LogP contribution in [0.2, 0.25) is 0 Å². The highest BCUT2D eigenvalue weighted by molar-refractivity contribution is 5.98. The first-order valence-corrected chi connectivity index (χ1v) is 18.9. The van der Waals surface area contributed by atoms with Gasteiger partial charge >= 0.3 is 0 Å². The smallest absolute Gasteiger partial charge is 0.167 e. The summed E-state index contributed by atoms with van der Waals surface area (Å²) in [6, 6.07) is 41.6. The van der Waals surface area contributed by atoms with E-state index in [1.807, 2.05) is 154 Å². The molecular formula is C50H70O2. The molecule has 0 N–H and O–H groups in total. The molecule has 5 aromatic rings. The van der Waals surface area contributed by atoms with Crippen LogP contribution in [0.3, 0.4) is 0 Å². The van der Waals surface area contributed by atoms with Crippen LogP contribution < -0.4 is 0 Å². The second-order valence-corrected chi connectivity index (χ2v) is 11.0. The van der Waals surface area contributed by atoms with Crippen molar-refractivity contribution >= 4 is 22.3 Å². The van der Waals surface area contributed by atoms with Gasteiger partial charge in [-0.15, -0.1) is 0 Å². The Morgan fingerprint density at radius 1 is 0.500 bits per heavy atom. The third kappa shape index (κ3) is 22.1. The summed E-state index contributed by atoms with van der Waals surface area (Å²) in [5, 5.41) is 2.68. The van der Waals surface area contributed by atoms with Crippen LogP contribution in [-0.2, 0) is 6.42 Å². The van der Waals surface area contributed by atoms with Gasteiger partial charge in [0.2, 0.25) is 0 Å². The number of allylic oxidation sites excluding steroid dienone is 3. The number of carbonyl (C=O) groups is 2. The molecule has 5 aromatic carbocycles. The molecule has 0 aliphatic heterocycles. The van der Waals surface area contributed by atoms with E-state index in [-0.39, 0.29) is 11.6 Å². The number of benzene rings is 5. The molecule has 0 bridgehead atoms. The number of ketones is 2. The van der Waals surface area contributed by atoms with Gasteiger partial charge in [0, 0.05) is 17.5 Å². The van der Waals surface area contributed by atoms with Crippen LogP contribution in [0.15, 0.2) is 151 Å². The van der Waals surface area contributed by atoms with Gasteiger partial charge in [0.15, 0.2) is 11.6 Å². The average molecular weight is 703 g/mol. The number of hydrogen-bond acceptors (Lipinski definition) is 2. The summed E-state index contributed by atoms with van der Waals surface area (Å²) in [5.74, 6) is 0.305. The van der Waals surface area contributed by atoms with Crippen molar-refractivity contribution in [1.29, 1.82) is 0 Å². The summed E-state index contributed by atoms with van der Waals surface area (Å²) < 4.78 is 0. The van der Waals surface area contributed by atoms with Gasteiger partial charge < -0.3 is 0 Å². The molecule has 0 amide bonds. The lowest BCUT2D eigenvalue weighted by Crippen LogP contribution is -2.05. The predicted octanol–water partition coefficient (Wildman–Crippen LogP) is 15.5. The third-order valence-corrected chi connectivity index (χ3v) is 7.23. The van der Waals surface area contributed by atoms with Crippen molar-refractivity contribution in [3.63, 3.8) is 0 Å². The standard InChI is InChI=1S/C15H14O.C11H10.C8H8O.C8H14.4C2H6/c1-12-7-5-6-10-14(12)15(16)11-13-8-3-2-4-9-13;1-9-5-4-7-10-6-2-3-8-11(9)10;1-7(9)8-5-3-2-4-6-8;1-6(2)8(5)7(3)4;4*1-2/h2-10H,11H2,1H3;2-8H,1H3;2-6H,1H3;1H2,2-5H3;4*1-2H3. The van der Waals surface area contributed by atoms with Gasteiger partial charge in [0.25, 0.3) is 0 Å². The van der Waals surface area contributed by atoms with Crippen molar-refractivity contribution in [2.24, 2.45) is 0 Å². The summed E-state index contributed by atoms with van der Waals surface area (Å²) >= 11 is 0. The molecule has 2 heteroatoms. The molecule has 0 spiro atoms. The fourth-order valence-electron chi connectivity index (χ4n) is 4.25. The molecule has 0 unspecified atom stereocenters. The van der Waals surface area contributed by atoms with Crippen LogP contribution in [0, 0.1) is 13.8 Å². The van der Waals surface area contributed by atoms with E-state index in [1.165, 1.54) is 33.1 Å². The van der Waals surface area contributed by atoms with E-state index in [2.05, 4.69) is 76.7 Å². The molecule has 0 saturated carbocycles. The topological polar surface area (TPSA) is 34.1 Å². The first-order valence-electron chi connectivity index (χ1n) is 18.9. The van der Waals surface area contributed by atoms with Crippen LogP contribution in [0.25, 0.3) is 10.8 Å². The van der Waals surface area contributed by atoms with Crippen LogP contribution in [-0.4, -0.2) is 11.6 Å². The number of hydrogen-bond donors (Lipinski definition) is 0. The van der Waals surface area contributed by atoms with Crippen molar-refractivity contribution in [2.45, 2.75) is 110 Å². The maximum Gasteiger partial charge on any atom is 0.167 e. The van der Waals surface area contributed by atoms with Gasteiger partial charge in [-0.25, -0.2) is 0 Å². The molecule has 0 aromatic heterocycles. The second kappa shape index (κ2) is 33.3. The molecule has 0 radical (unpaired) electrons. The predicted molar refractivity (Wildman–Crippen MR) is 235 cm³/mol. The molecular weight excluding hydrogens is 633 g/mol. The van der Waals surface area contributed by atoms with E-state index in [0.717, 1.165) is 22.3 Å². The third-order valence-electron chi connectivity index (χ3n) is 7.23. The average Bonchev–Trinajstić information content (AvgIpc) is 3.19. The number of rotatable bonds is 5. The fraction of sp³-hybridized carbons (Fsp3) is 0.320. The van der Waals surface area contributed by atoms with Crippen molar-refractivity contribution in [1.82, 2.24) is 0 Å². The molecule has 0 heterocycles. The summed E-state index contributed by atoms with van der Waals surface area (Å²) in [6.45, 7) is 33.8. The van der Waals surface area contributed by atoms with Gasteiger partial charge in [0.1, 0.15) is 0 Å². The Morgan fingerprint density at radius 2 is 0.923 bits per heavy atom. The largest absolute Gasteiger partial charge is 0.295 e. The summed E-state index contributed by atoms with van der Waals surface area (Å²) in [7, 11) is 0. The molecule has 0 aliphatic rings. The zero-order valence-corrected chi connectivity index (χ0v) is 35.4. The van der Waals surface area contributed by atoms with E-state index >= 15 is 0 Å². The lowest BCUT2D eigenvalue weighted by Gasteiger charge is -2.04. The minimum atomic E-state index is 0.121. The van der Waals surface area contributed by atoms with Crippen LogP contribution in [0.5, 0.6) is 0 Å². The van der Waals surface area contributed by atoms with Crippen molar-refractivity contribution in [3.8, 4) is 0 Å². The summed E-state index contributed by atoms with van der Waals surface area (Å²) in [4.78, 5) is 22.7. The van der Waals surface area contributed by atoms with E-state index in [4.69, 9.17) is 0 Å². The monoisotopic (exact) mass is 703 g/mol. The number of aryl methyl sites for hydroxylation is 2. The molecule has 282 valence electrons. The number of carbonyl (C=O) groups excluding carboxylic acids is 2. The van der Waals surface area contributed by atoms with Gasteiger partial charge in [0.05, 0.1) is 0 Å². The second-order valence-electron chi connectivity index (χ2n) is 11.0. The Balaban J connectivity index is -0.000000595. The van der Waals surface area contributed by atoms with Gasteiger partial charge in [-0.1, -0.05) is 206 Å². The number of fused-ring (bicyclic) bond motifs is 1. The highest BCUT2D eigenvalue weighted by atomic mass is 16.1. The zero-order valence-electron chi connectivity index (χ0n) is 35.4. The Morgan fingerprint density at radius 3 is 1.35 bits per heavy atom. The van der Waals surface area contributed by atoms with E-state index in [1.54, 1.807) is 6.92 Å². The highest BCUT2D eigenvalue weighted by Crippen LogP contribution is 2.17. The molecule has 0 fully saturated rings. The van der Waals surface area contributed by atoms with Gasteiger partial charge in [-0.3, -0.25) is 9.59 Å². The van der Waals surface area contributed by atoms with E-state index < -0.39 is 0 Å². The van der Waals surface area contributed by atoms with E-state index in [9.17, 15) is 9.59 Å². The van der Waals surface area contributed by atoms with Crippen molar-refractivity contribution in [2.75, 3.05) is 0 Å². The fourth-order valence-corrected chi connectivity index (χ4v) is 4.25. The Labute approximate surface area is 319 Å². The van der Waals surface area contributed by atoms with Gasteiger partial charge in [-0.05, 0) is 75.9 Å². The SMILES string of the molecule is C=C(C)C(C)=C(C)C.CC.CC.CC.CC.CC(=O)c1ccccc1.Cc1cccc2ccccc12.Cc1ccccc1C(=O)Cc1ccccc1. The minimum Gasteiger partial charge on any atom is -0.295 e. The first kappa shape index (κ1) is 51.5. The quantitative estimate of drug-likeness (QED) is 0.135. The highest BCUT2D eigenvalue weighted by Gasteiger charge is 2.08. The maximum atomic E-state index is 12.0. The summed E-state index contributed by atoms with van der Waals surface area (Å²) in [5.41, 5.74) is 8.92. The Hall–Kier alpha value is -4.82. The Kier molecular flexibility index (Phi) is 33.0. The lowest BCUT2D eigenvalue weighted by molar-refractivity contribution is 0.0989. The molecule has 0 aliphatic carbocycles. The first-order chi connectivity index (χ1) is 25.0. The molecule has 2 nitrogen and oxygen atoms in total. The van der Waals surface area contributed by atoms with Gasteiger partial charge in [-0.2, -0.15) is 0 Å². The van der Waals surface area contributed by atoms with E-state index in [0.29, 0.717) is 6.42 Å². The van der Waals surface area contributed by atoms with Crippen LogP contribution >= 0.6 is 0 Å². The van der Waals surface area contributed by atoms with Crippen LogP contribution in [0.4, 0.5) is 0 Å². The lowest BCUT2D eigenvalue weighted by atomic mass is 9.99. The summed E-state index contributed by atoms with van der Waals surface area (Å²) in [6.07, 6.45) is 0.478. The molecule has 0 saturated heterocycles. The van der Waals surface area contributed by atoms with Crippen molar-refractivity contribution < 1.29 is 9.59 Å². The van der Waals surface area contributed by atoms with Crippen molar-refractivity contribution in [3.05, 3.63) is 179 Å². The Bertz CT molecular complexity index is 1670. The minimum absolute atomic E-state index is 0.121.